The molecule has 0 unspecified atom stereocenters. The van der Waals surface area contributed by atoms with Crippen LogP contribution in [0.1, 0.15) is 16.7 Å². The maximum Gasteiger partial charge on any atom is 0.242 e. The molecule has 0 atom stereocenters. The molecule has 0 saturated carbocycles. The monoisotopic (exact) mass is 264 g/mol. The van der Waals surface area contributed by atoms with Crippen molar-refractivity contribution in [1.29, 1.82) is 0 Å². The topological polar surface area (TPSA) is 72.9 Å². The van der Waals surface area contributed by atoms with E-state index in [9.17, 15) is 4.79 Å². The average Bonchev–Trinajstić information content (AvgIpc) is 2.95. The van der Waals surface area contributed by atoms with Crippen LogP contribution in [0.5, 0.6) is 0 Å². The minimum absolute atomic E-state index is 0.0652. The molecule has 5 nitrogen and oxygen atoms in total. The van der Waals surface area contributed by atoms with Crippen LogP contribution in [-0.4, -0.2) is 15.7 Å². The van der Waals surface area contributed by atoms with Crippen LogP contribution in [0.3, 0.4) is 0 Å². The fourth-order valence-corrected chi connectivity index (χ4v) is 2.46. The van der Waals surface area contributed by atoms with Crippen molar-refractivity contribution in [3.05, 3.63) is 34.2 Å². The molecule has 2 aromatic rings. The minimum atomic E-state index is -0.0652. The number of thiophene rings is 1. The number of nitrogens with one attached hydrogen (secondary N) is 1. The molecule has 96 valence electrons. The highest BCUT2D eigenvalue weighted by Gasteiger charge is 2.05. The van der Waals surface area contributed by atoms with Crippen LogP contribution in [0.2, 0.25) is 0 Å². The van der Waals surface area contributed by atoms with Gasteiger partial charge in [-0.1, -0.05) is 6.92 Å². The lowest BCUT2D eigenvalue weighted by molar-refractivity contribution is -0.122. The van der Waals surface area contributed by atoms with E-state index in [4.69, 9.17) is 5.73 Å². The predicted octanol–water partition coefficient (Wildman–Crippen LogP) is 1.41. The van der Waals surface area contributed by atoms with Crippen LogP contribution in [0.15, 0.2) is 24.4 Å². The summed E-state index contributed by atoms with van der Waals surface area (Å²) in [5, 5.41) is 6.82. The summed E-state index contributed by atoms with van der Waals surface area (Å²) in [7, 11) is 0. The lowest BCUT2D eigenvalue weighted by atomic mass is 10.3. The molecule has 3 N–H and O–H groups in total. The van der Waals surface area contributed by atoms with E-state index in [0.29, 0.717) is 12.4 Å². The van der Waals surface area contributed by atoms with Gasteiger partial charge in [-0.25, -0.2) is 0 Å². The smallest absolute Gasteiger partial charge is 0.242 e. The minimum Gasteiger partial charge on any atom is -0.382 e. The molecule has 2 rings (SSSR count). The van der Waals surface area contributed by atoms with E-state index in [1.54, 1.807) is 23.6 Å². The maximum atomic E-state index is 11.7. The number of nitrogens with zero attached hydrogens (tertiary/aromatic N) is 2. The normalized spacial score (nSPS) is 10.5. The summed E-state index contributed by atoms with van der Waals surface area (Å²) in [6, 6.07) is 5.82. The summed E-state index contributed by atoms with van der Waals surface area (Å²) in [6.07, 6.45) is 2.72. The Labute approximate surface area is 110 Å². The van der Waals surface area contributed by atoms with Crippen molar-refractivity contribution in [2.75, 3.05) is 5.73 Å². The van der Waals surface area contributed by atoms with Crippen molar-refractivity contribution in [2.24, 2.45) is 0 Å². The highest BCUT2D eigenvalue weighted by molar-refractivity contribution is 7.11. The van der Waals surface area contributed by atoms with E-state index < -0.39 is 0 Å². The molecule has 0 radical (unpaired) electrons. The Hall–Kier alpha value is -1.82. The molecule has 6 heteroatoms. The number of carbonyl (C=O) groups is 1. The molecule has 0 aliphatic carbocycles. The first-order chi connectivity index (χ1) is 8.67. The fourth-order valence-electron chi connectivity index (χ4n) is 1.56. The number of carbonyl (C=O) groups excluding carboxylic acids is 1. The summed E-state index contributed by atoms with van der Waals surface area (Å²) in [5.74, 6) is 0.359. The van der Waals surface area contributed by atoms with Gasteiger partial charge in [0.2, 0.25) is 5.91 Å². The molecule has 1 amide bonds. The van der Waals surface area contributed by atoms with E-state index in [0.717, 1.165) is 6.42 Å². The maximum absolute atomic E-state index is 11.7. The molecule has 2 heterocycles. The average molecular weight is 264 g/mol. The van der Waals surface area contributed by atoms with Crippen molar-refractivity contribution in [2.45, 2.75) is 26.4 Å². The van der Waals surface area contributed by atoms with E-state index in [2.05, 4.69) is 29.5 Å². The number of aromatic nitrogens is 2. The predicted molar refractivity (Wildman–Crippen MR) is 72.2 cm³/mol. The van der Waals surface area contributed by atoms with Crippen molar-refractivity contribution in [3.8, 4) is 0 Å². The molecule has 0 fully saturated rings. The lowest BCUT2D eigenvalue weighted by Gasteiger charge is -2.03. The third-order valence-corrected chi connectivity index (χ3v) is 3.72. The second-order valence-corrected chi connectivity index (χ2v) is 5.19. The lowest BCUT2D eigenvalue weighted by Crippen LogP contribution is -2.27. The van der Waals surface area contributed by atoms with Crippen LogP contribution in [0, 0.1) is 0 Å². The van der Waals surface area contributed by atoms with Crippen molar-refractivity contribution >= 4 is 23.1 Å². The van der Waals surface area contributed by atoms with Gasteiger partial charge in [-0.15, -0.1) is 11.3 Å². The van der Waals surface area contributed by atoms with Gasteiger partial charge in [0.15, 0.2) is 0 Å². The van der Waals surface area contributed by atoms with Gasteiger partial charge in [-0.3, -0.25) is 9.48 Å². The fraction of sp³-hybridized carbons (Fsp3) is 0.333. The van der Waals surface area contributed by atoms with Crippen molar-refractivity contribution in [3.63, 3.8) is 0 Å². The van der Waals surface area contributed by atoms with E-state index in [-0.39, 0.29) is 12.5 Å². The summed E-state index contributed by atoms with van der Waals surface area (Å²) in [5.41, 5.74) is 5.48. The number of anilines is 1. The number of hydrogen-bond donors (Lipinski definition) is 2. The number of hydrogen-bond acceptors (Lipinski definition) is 4. The molecule has 18 heavy (non-hydrogen) atoms. The Morgan fingerprint density at radius 3 is 2.83 bits per heavy atom. The van der Waals surface area contributed by atoms with Gasteiger partial charge in [0.1, 0.15) is 12.4 Å². The molecule has 2 aromatic heterocycles. The Bertz CT molecular complexity index is 532. The van der Waals surface area contributed by atoms with Gasteiger partial charge in [-0.2, -0.15) is 5.10 Å². The molecule has 0 aliphatic heterocycles. The van der Waals surface area contributed by atoms with Gasteiger partial charge in [0.25, 0.3) is 0 Å². The van der Waals surface area contributed by atoms with E-state index in [1.807, 2.05) is 0 Å². The third kappa shape index (κ3) is 3.33. The summed E-state index contributed by atoms with van der Waals surface area (Å²) < 4.78 is 1.52. The zero-order chi connectivity index (χ0) is 13.0. The molecule has 0 bridgehead atoms. The van der Waals surface area contributed by atoms with Crippen LogP contribution in [0.4, 0.5) is 5.82 Å². The molecular weight excluding hydrogens is 248 g/mol. The Morgan fingerprint density at radius 2 is 2.22 bits per heavy atom. The van der Waals surface area contributed by atoms with Crippen LogP contribution in [-0.2, 0) is 24.3 Å². The first-order valence-corrected chi connectivity index (χ1v) is 6.62. The van der Waals surface area contributed by atoms with Gasteiger partial charge in [0.05, 0.1) is 6.54 Å². The van der Waals surface area contributed by atoms with Crippen LogP contribution < -0.4 is 11.1 Å². The van der Waals surface area contributed by atoms with Crippen LogP contribution in [0.25, 0.3) is 0 Å². The summed E-state index contributed by atoms with van der Waals surface area (Å²) in [4.78, 5) is 14.2. The Balaban J connectivity index is 1.81. The second kappa shape index (κ2) is 5.68. The SMILES string of the molecule is CCc1ccc(CNC(=O)Cn2ccc(N)n2)s1. The number of rotatable bonds is 5. The Kier molecular flexibility index (Phi) is 3.99. The molecule has 0 saturated heterocycles. The van der Waals surface area contributed by atoms with Gasteiger partial charge >= 0.3 is 0 Å². The third-order valence-electron chi connectivity index (χ3n) is 2.49. The first kappa shape index (κ1) is 12.6. The van der Waals surface area contributed by atoms with E-state index >= 15 is 0 Å². The largest absolute Gasteiger partial charge is 0.382 e. The quantitative estimate of drug-likeness (QED) is 0.857. The number of amides is 1. The molecule has 0 aliphatic rings. The summed E-state index contributed by atoms with van der Waals surface area (Å²) in [6.45, 7) is 2.89. The molecule has 0 aromatic carbocycles. The second-order valence-electron chi connectivity index (χ2n) is 3.94. The van der Waals surface area contributed by atoms with Crippen LogP contribution >= 0.6 is 11.3 Å². The van der Waals surface area contributed by atoms with Crippen molar-refractivity contribution in [1.82, 2.24) is 15.1 Å². The number of aryl methyl sites for hydroxylation is 1. The standard InChI is InChI=1S/C12H16N4OS/c1-2-9-3-4-10(18-9)7-14-12(17)8-16-6-5-11(13)15-16/h3-6H,2,7-8H2,1H3,(H2,13,15)(H,14,17). The van der Waals surface area contributed by atoms with Gasteiger partial charge in [0, 0.05) is 16.0 Å². The first-order valence-electron chi connectivity index (χ1n) is 5.80. The summed E-state index contributed by atoms with van der Waals surface area (Å²) >= 11 is 1.73. The molecular formula is C12H16N4OS. The highest BCUT2D eigenvalue weighted by Crippen LogP contribution is 2.16. The zero-order valence-corrected chi connectivity index (χ0v) is 11.0. The van der Waals surface area contributed by atoms with Crippen molar-refractivity contribution < 1.29 is 4.79 Å². The van der Waals surface area contributed by atoms with Gasteiger partial charge < -0.3 is 11.1 Å². The number of nitrogens with two attached hydrogens (primary N) is 1. The molecule has 0 spiro atoms. The number of nitrogen functional groups attached to an aromatic ring is 1. The van der Waals surface area contributed by atoms with E-state index in [1.165, 1.54) is 14.4 Å². The van der Waals surface area contributed by atoms with Gasteiger partial charge in [-0.05, 0) is 24.6 Å². The Morgan fingerprint density at radius 1 is 1.44 bits per heavy atom. The zero-order valence-electron chi connectivity index (χ0n) is 10.2. The highest BCUT2D eigenvalue weighted by atomic mass is 32.1.